The van der Waals surface area contributed by atoms with Crippen LogP contribution in [0, 0.1) is 5.92 Å². The van der Waals surface area contributed by atoms with Crippen molar-refractivity contribution >= 4 is 0 Å². The average Bonchev–Trinajstić information content (AvgIpc) is 2.62. The molecule has 1 N–H and O–H groups in total. The SMILES string of the molecule is CCc1nc(CN2CC(O)(C(C)C)C2)no1. The molecule has 0 unspecified atom stereocenters. The molecule has 0 radical (unpaired) electrons. The molecule has 1 saturated heterocycles. The highest BCUT2D eigenvalue weighted by atomic mass is 16.5. The van der Waals surface area contributed by atoms with Crippen molar-refractivity contribution in [2.45, 2.75) is 39.3 Å². The van der Waals surface area contributed by atoms with Crippen LogP contribution in [0.25, 0.3) is 0 Å². The van der Waals surface area contributed by atoms with Crippen LogP contribution in [0.15, 0.2) is 4.52 Å². The van der Waals surface area contributed by atoms with Crippen molar-refractivity contribution in [1.29, 1.82) is 0 Å². The van der Waals surface area contributed by atoms with Gasteiger partial charge in [-0.1, -0.05) is 25.9 Å². The third kappa shape index (κ3) is 2.10. The van der Waals surface area contributed by atoms with E-state index < -0.39 is 5.60 Å². The van der Waals surface area contributed by atoms with Gasteiger partial charge in [-0.05, 0) is 5.92 Å². The van der Waals surface area contributed by atoms with Gasteiger partial charge in [-0.25, -0.2) is 0 Å². The smallest absolute Gasteiger partial charge is 0.226 e. The van der Waals surface area contributed by atoms with E-state index >= 15 is 0 Å². The van der Waals surface area contributed by atoms with Crippen molar-refractivity contribution in [3.8, 4) is 0 Å². The number of β-amino-alcohol motifs (C(OH)–C–C–N with tert-alkyl or cyclic N) is 1. The van der Waals surface area contributed by atoms with E-state index in [4.69, 9.17) is 4.52 Å². The lowest BCUT2D eigenvalue weighted by Gasteiger charge is -2.48. The molecule has 1 aromatic rings. The van der Waals surface area contributed by atoms with Crippen LogP contribution in [0.1, 0.15) is 32.5 Å². The van der Waals surface area contributed by atoms with Gasteiger partial charge < -0.3 is 9.63 Å². The van der Waals surface area contributed by atoms with E-state index in [1.54, 1.807) is 0 Å². The quantitative estimate of drug-likeness (QED) is 0.822. The van der Waals surface area contributed by atoms with E-state index in [9.17, 15) is 5.11 Å². The van der Waals surface area contributed by atoms with Gasteiger partial charge in [0.2, 0.25) is 5.89 Å². The van der Waals surface area contributed by atoms with Crippen LogP contribution in [-0.4, -0.2) is 38.8 Å². The first-order chi connectivity index (χ1) is 7.53. The van der Waals surface area contributed by atoms with Crippen molar-refractivity contribution in [2.24, 2.45) is 5.92 Å². The summed E-state index contributed by atoms with van der Waals surface area (Å²) in [4.78, 5) is 6.37. The van der Waals surface area contributed by atoms with Crippen LogP contribution in [0.3, 0.4) is 0 Å². The van der Waals surface area contributed by atoms with E-state index in [1.165, 1.54) is 0 Å². The van der Waals surface area contributed by atoms with Gasteiger partial charge in [0.15, 0.2) is 5.82 Å². The molecule has 5 heteroatoms. The fraction of sp³-hybridized carbons (Fsp3) is 0.818. The number of likely N-dealkylation sites (tertiary alicyclic amines) is 1. The second kappa shape index (κ2) is 4.14. The Hall–Kier alpha value is -0.940. The largest absolute Gasteiger partial charge is 0.387 e. The molecule has 1 fully saturated rings. The van der Waals surface area contributed by atoms with Crippen LogP contribution in [-0.2, 0) is 13.0 Å². The number of nitrogens with zero attached hydrogens (tertiary/aromatic N) is 3. The molecule has 0 amide bonds. The lowest BCUT2D eigenvalue weighted by molar-refractivity contribution is -0.131. The van der Waals surface area contributed by atoms with Gasteiger partial charge in [0.05, 0.1) is 12.1 Å². The molecule has 2 rings (SSSR count). The lowest BCUT2D eigenvalue weighted by Crippen LogP contribution is -2.63. The molecule has 0 atom stereocenters. The van der Waals surface area contributed by atoms with Crippen LogP contribution in [0.4, 0.5) is 0 Å². The molecule has 16 heavy (non-hydrogen) atoms. The molecule has 0 spiro atoms. The van der Waals surface area contributed by atoms with Crippen LogP contribution >= 0.6 is 0 Å². The first-order valence-electron chi connectivity index (χ1n) is 5.79. The minimum atomic E-state index is -0.530. The highest BCUT2D eigenvalue weighted by molar-refractivity contribution is 4.99. The molecule has 2 heterocycles. The number of hydrogen-bond acceptors (Lipinski definition) is 5. The maximum absolute atomic E-state index is 10.1. The number of rotatable bonds is 4. The summed E-state index contributed by atoms with van der Waals surface area (Å²) in [5.41, 5.74) is -0.530. The maximum Gasteiger partial charge on any atom is 0.226 e. The molecule has 1 aromatic heterocycles. The monoisotopic (exact) mass is 225 g/mol. The molecule has 90 valence electrons. The van der Waals surface area contributed by atoms with Gasteiger partial charge in [-0.2, -0.15) is 4.98 Å². The summed E-state index contributed by atoms with van der Waals surface area (Å²) in [6, 6.07) is 0. The Labute approximate surface area is 95.4 Å². The summed E-state index contributed by atoms with van der Waals surface area (Å²) in [6.45, 7) is 8.13. The number of aromatic nitrogens is 2. The minimum absolute atomic E-state index is 0.292. The minimum Gasteiger partial charge on any atom is -0.387 e. The molecule has 1 aliphatic heterocycles. The summed E-state index contributed by atoms with van der Waals surface area (Å²) >= 11 is 0. The fourth-order valence-corrected chi connectivity index (χ4v) is 1.90. The predicted molar refractivity (Wildman–Crippen MR) is 58.7 cm³/mol. The van der Waals surface area contributed by atoms with Crippen molar-refractivity contribution in [3.05, 3.63) is 11.7 Å². The second-order valence-electron chi connectivity index (χ2n) is 4.86. The molecular formula is C11H19N3O2. The Morgan fingerprint density at radius 2 is 2.19 bits per heavy atom. The molecule has 1 aliphatic rings. The standard InChI is InChI=1S/C11H19N3O2/c1-4-10-12-9(13-16-10)5-14-6-11(15,7-14)8(2)3/h8,15H,4-7H2,1-3H3. The maximum atomic E-state index is 10.1. The molecule has 0 bridgehead atoms. The molecule has 0 aromatic carbocycles. The van der Waals surface area contributed by atoms with Gasteiger partial charge >= 0.3 is 0 Å². The third-order valence-corrected chi connectivity index (χ3v) is 3.25. The summed E-state index contributed by atoms with van der Waals surface area (Å²) in [6.07, 6.45) is 0.767. The van der Waals surface area contributed by atoms with Crippen molar-refractivity contribution < 1.29 is 9.63 Å². The van der Waals surface area contributed by atoms with E-state index in [2.05, 4.69) is 15.0 Å². The van der Waals surface area contributed by atoms with Crippen molar-refractivity contribution in [1.82, 2.24) is 15.0 Å². The Morgan fingerprint density at radius 3 is 2.69 bits per heavy atom. The van der Waals surface area contributed by atoms with Crippen molar-refractivity contribution in [2.75, 3.05) is 13.1 Å². The second-order valence-corrected chi connectivity index (χ2v) is 4.86. The van der Waals surface area contributed by atoms with Crippen LogP contribution < -0.4 is 0 Å². The van der Waals surface area contributed by atoms with E-state index in [0.29, 0.717) is 37.3 Å². The fourth-order valence-electron chi connectivity index (χ4n) is 1.90. The van der Waals surface area contributed by atoms with Gasteiger partial charge in [-0.15, -0.1) is 0 Å². The van der Waals surface area contributed by atoms with Gasteiger partial charge in [0.25, 0.3) is 0 Å². The predicted octanol–water partition coefficient (Wildman–Crippen LogP) is 0.835. The Morgan fingerprint density at radius 1 is 1.50 bits per heavy atom. The Kier molecular flexibility index (Phi) is 2.99. The van der Waals surface area contributed by atoms with Crippen LogP contribution in [0.2, 0.25) is 0 Å². The molecule has 0 saturated carbocycles. The zero-order valence-electron chi connectivity index (χ0n) is 10.1. The molecule has 0 aliphatic carbocycles. The summed E-state index contributed by atoms with van der Waals surface area (Å²) < 4.78 is 5.03. The highest BCUT2D eigenvalue weighted by Gasteiger charge is 2.43. The summed E-state index contributed by atoms with van der Waals surface area (Å²) in [7, 11) is 0. The average molecular weight is 225 g/mol. The zero-order valence-corrected chi connectivity index (χ0v) is 10.1. The van der Waals surface area contributed by atoms with Gasteiger partial charge in [0, 0.05) is 19.5 Å². The van der Waals surface area contributed by atoms with Crippen molar-refractivity contribution in [3.63, 3.8) is 0 Å². The topological polar surface area (TPSA) is 62.4 Å². The number of aryl methyl sites for hydroxylation is 1. The first-order valence-corrected chi connectivity index (χ1v) is 5.79. The van der Waals surface area contributed by atoms with Crippen LogP contribution in [0.5, 0.6) is 0 Å². The Balaban J connectivity index is 1.85. The molecule has 5 nitrogen and oxygen atoms in total. The molecular weight excluding hydrogens is 206 g/mol. The normalized spacial score (nSPS) is 20.1. The van der Waals surface area contributed by atoms with E-state index in [1.807, 2.05) is 20.8 Å². The van der Waals surface area contributed by atoms with Gasteiger partial charge in [-0.3, -0.25) is 4.90 Å². The summed E-state index contributed by atoms with van der Waals surface area (Å²) in [5.74, 6) is 1.68. The zero-order chi connectivity index (χ0) is 11.8. The van der Waals surface area contributed by atoms with Gasteiger partial charge in [0.1, 0.15) is 0 Å². The van der Waals surface area contributed by atoms with E-state index in [-0.39, 0.29) is 0 Å². The lowest BCUT2D eigenvalue weighted by atomic mass is 9.83. The van der Waals surface area contributed by atoms with E-state index in [0.717, 1.165) is 6.42 Å². The number of hydrogen-bond donors (Lipinski definition) is 1. The third-order valence-electron chi connectivity index (χ3n) is 3.25. The number of aliphatic hydroxyl groups is 1. The summed E-state index contributed by atoms with van der Waals surface area (Å²) in [5, 5.41) is 14.0. The highest BCUT2D eigenvalue weighted by Crippen LogP contribution is 2.29. The first kappa shape index (κ1) is 11.5. The Bertz CT molecular complexity index is 356.